The molecule has 1 heterocycles. The van der Waals surface area contributed by atoms with Crippen molar-refractivity contribution in [3.63, 3.8) is 0 Å². The molecular formula is C14H25N3O4. The number of nitrogens with two attached hydrogens (primary N) is 1. The second-order valence-corrected chi connectivity index (χ2v) is 5.44. The van der Waals surface area contributed by atoms with Crippen LogP contribution in [0.4, 0.5) is 4.79 Å². The van der Waals surface area contributed by atoms with E-state index in [-0.39, 0.29) is 11.8 Å². The summed E-state index contributed by atoms with van der Waals surface area (Å²) in [5, 5.41) is 2.50. The molecule has 0 aromatic heterocycles. The summed E-state index contributed by atoms with van der Waals surface area (Å²) >= 11 is 0. The highest BCUT2D eigenvalue weighted by Gasteiger charge is 2.37. The van der Waals surface area contributed by atoms with Crippen molar-refractivity contribution in [1.29, 1.82) is 0 Å². The Morgan fingerprint density at radius 3 is 2.57 bits per heavy atom. The summed E-state index contributed by atoms with van der Waals surface area (Å²) in [6, 6.07) is -2.02. The van der Waals surface area contributed by atoms with Crippen molar-refractivity contribution >= 4 is 17.9 Å². The first-order valence-electron chi connectivity index (χ1n) is 7.36. The first-order valence-corrected chi connectivity index (χ1v) is 7.36. The smallest absolute Gasteiger partial charge is 0.328 e. The fourth-order valence-corrected chi connectivity index (χ4v) is 2.59. The van der Waals surface area contributed by atoms with Crippen LogP contribution in [-0.2, 0) is 14.3 Å². The number of esters is 1. The molecular weight excluding hydrogens is 274 g/mol. The third-order valence-corrected chi connectivity index (χ3v) is 4.04. The zero-order valence-corrected chi connectivity index (χ0v) is 12.9. The van der Waals surface area contributed by atoms with Gasteiger partial charge in [0.25, 0.3) is 0 Å². The largest absolute Gasteiger partial charge is 0.467 e. The number of ether oxygens (including phenoxy) is 1. The van der Waals surface area contributed by atoms with Crippen LogP contribution >= 0.6 is 0 Å². The van der Waals surface area contributed by atoms with Gasteiger partial charge in [-0.15, -0.1) is 0 Å². The summed E-state index contributed by atoms with van der Waals surface area (Å²) in [7, 11) is 1.31. The number of piperidine rings is 1. The molecule has 0 aromatic carbocycles. The lowest BCUT2D eigenvalue weighted by atomic mass is 9.95. The quantitative estimate of drug-likeness (QED) is 0.727. The standard InChI is InChI=1S/C14H25N3O4/c1-4-9(2)11(16-14(15)20)12(18)17-8-6-5-7-10(17)13(19)21-3/h9-11H,4-8H2,1-3H3,(H3,15,16,20)/t9?,10-,11?/m1/s1. The minimum absolute atomic E-state index is 0.0646. The minimum atomic E-state index is -0.736. The SMILES string of the molecule is CCC(C)C(NC(N)=O)C(=O)N1CCCC[C@@H]1C(=O)OC. The zero-order chi connectivity index (χ0) is 16.0. The number of nitrogens with zero attached hydrogens (tertiary/aromatic N) is 1. The highest BCUT2D eigenvalue weighted by Crippen LogP contribution is 2.21. The summed E-state index contributed by atoms with van der Waals surface area (Å²) in [4.78, 5) is 37.2. The van der Waals surface area contributed by atoms with E-state index in [9.17, 15) is 14.4 Å². The van der Waals surface area contributed by atoms with Gasteiger partial charge in [-0.2, -0.15) is 0 Å². The third-order valence-electron chi connectivity index (χ3n) is 4.04. The number of amides is 3. The predicted octanol–water partition coefficient (Wildman–Crippen LogP) is 0.624. The number of likely N-dealkylation sites (tertiary alicyclic amines) is 1. The lowest BCUT2D eigenvalue weighted by Gasteiger charge is -2.37. The number of hydrogen-bond acceptors (Lipinski definition) is 4. The predicted molar refractivity (Wildman–Crippen MR) is 77.3 cm³/mol. The number of primary amides is 1. The van der Waals surface area contributed by atoms with Gasteiger partial charge in [0.05, 0.1) is 7.11 Å². The van der Waals surface area contributed by atoms with E-state index in [1.165, 1.54) is 12.0 Å². The fraction of sp³-hybridized carbons (Fsp3) is 0.786. The van der Waals surface area contributed by atoms with Gasteiger partial charge in [0.1, 0.15) is 12.1 Å². The van der Waals surface area contributed by atoms with Gasteiger partial charge in [0.15, 0.2) is 0 Å². The van der Waals surface area contributed by atoms with Crippen LogP contribution in [0.1, 0.15) is 39.5 Å². The van der Waals surface area contributed by atoms with Gasteiger partial charge in [-0.3, -0.25) is 4.79 Å². The van der Waals surface area contributed by atoms with Crippen molar-refractivity contribution in [2.24, 2.45) is 11.7 Å². The molecule has 120 valence electrons. The molecule has 1 rings (SSSR count). The summed E-state index contributed by atoms with van der Waals surface area (Å²) in [5.74, 6) is -0.742. The van der Waals surface area contributed by atoms with Crippen LogP contribution in [0.15, 0.2) is 0 Å². The van der Waals surface area contributed by atoms with Gasteiger partial charge >= 0.3 is 12.0 Å². The van der Waals surface area contributed by atoms with Crippen molar-refractivity contribution in [3.8, 4) is 0 Å². The monoisotopic (exact) mass is 299 g/mol. The van der Waals surface area contributed by atoms with E-state index >= 15 is 0 Å². The number of hydrogen-bond donors (Lipinski definition) is 2. The van der Waals surface area contributed by atoms with Crippen LogP contribution in [0.25, 0.3) is 0 Å². The molecule has 0 saturated carbocycles. The molecule has 0 radical (unpaired) electrons. The van der Waals surface area contributed by atoms with Crippen molar-refractivity contribution in [2.75, 3.05) is 13.7 Å². The van der Waals surface area contributed by atoms with Gasteiger partial charge in [-0.25, -0.2) is 9.59 Å². The summed E-state index contributed by atoms with van der Waals surface area (Å²) in [5.41, 5.74) is 5.16. The van der Waals surface area contributed by atoms with E-state index in [4.69, 9.17) is 10.5 Å². The Labute approximate surface area is 125 Å². The summed E-state index contributed by atoms with van der Waals surface area (Å²) in [6.45, 7) is 4.29. The van der Waals surface area contributed by atoms with Crippen LogP contribution in [-0.4, -0.2) is 48.5 Å². The molecule has 1 saturated heterocycles. The van der Waals surface area contributed by atoms with Crippen LogP contribution in [0.2, 0.25) is 0 Å². The first kappa shape index (κ1) is 17.3. The molecule has 0 bridgehead atoms. The summed E-state index contributed by atoms with van der Waals surface area (Å²) < 4.78 is 4.77. The van der Waals surface area contributed by atoms with Crippen molar-refractivity contribution in [3.05, 3.63) is 0 Å². The second kappa shape index (κ2) is 7.85. The van der Waals surface area contributed by atoms with Crippen LogP contribution in [0.5, 0.6) is 0 Å². The highest BCUT2D eigenvalue weighted by atomic mass is 16.5. The van der Waals surface area contributed by atoms with Crippen LogP contribution < -0.4 is 11.1 Å². The Hall–Kier alpha value is -1.79. The maximum absolute atomic E-state index is 12.7. The van der Waals surface area contributed by atoms with E-state index < -0.39 is 24.1 Å². The number of carbonyl (C=O) groups is 3. The van der Waals surface area contributed by atoms with E-state index in [1.54, 1.807) is 0 Å². The van der Waals surface area contributed by atoms with Gasteiger partial charge in [-0.05, 0) is 25.2 Å². The van der Waals surface area contributed by atoms with Crippen LogP contribution in [0, 0.1) is 5.92 Å². The molecule has 0 aromatic rings. The number of rotatable bonds is 5. The summed E-state index contributed by atoms with van der Waals surface area (Å²) in [6.07, 6.45) is 3.01. The number of urea groups is 1. The minimum Gasteiger partial charge on any atom is -0.467 e. The van der Waals surface area contributed by atoms with E-state index in [0.717, 1.165) is 12.8 Å². The van der Waals surface area contributed by atoms with Gasteiger partial charge in [0.2, 0.25) is 5.91 Å². The molecule has 3 amide bonds. The molecule has 21 heavy (non-hydrogen) atoms. The molecule has 7 heteroatoms. The Balaban J connectivity index is 2.93. The molecule has 3 atom stereocenters. The van der Waals surface area contributed by atoms with Crippen molar-refractivity contribution in [2.45, 2.75) is 51.6 Å². The van der Waals surface area contributed by atoms with E-state index in [0.29, 0.717) is 19.4 Å². The van der Waals surface area contributed by atoms with Crippen LogP contribution in [0.3, 0.4) is 0 Å². The Bertz CT molecular complexity index is 400. The van der Waals surface area contributed by atoms with Crippen molar-refractivity contribution in [1.82, 2.24) is 10.2 Å². The Kier molecular flexibility index (Phi) is 6.45. The highest BCUT2D eigenvalue weighted by molar-refractivity contribution is 5.90. The molecule has 3 N–H and O–H groups in total. The number of nitrogens with one attached hydrogen (secondary N) is 1. The lowest BCUT2D eigenvalue weighted by molar-refractivity contribution is -0.155. The van der Waals surface area contributed by atoms with Crippen molar-refractivity contribution < 1.29 is 19.1 Å². The Morgan fingerprint density at radius 2 is 2.05 bits per heavy atom. The first-order chi connectivity index (χ1) is 9.92. The zero-order valence-electron chi connectivity index (χ0n) is 12.9. The average Bonchev–Trinajstić information content (AvgIpc) is 2.50. The number of carbonyl (C=O) groups excluding carboxylic acids is 3. The number of methoxy groups -OCH3 is 1. The maximum atomic E-state index is 12.7. The van der Waals surface area contributed by atoms with E-state index in [1.807, 2.05) is 13.8 Å². The topological polar surface area (TPSA) is 102 Å². The van der Waals surface area contributed by atoms with Gasteiger partial charge in [-0.1, -0.05) is 20.3 Å². The molecule has 7 nitrogen and oxygen atoms in total. The fourth-order valence-electron chi connectivity index (χ4n) is 2.59. The molecule has 1 aliphatic heterocycles. The molecule has 1 fully saturated rings. The average molecular weight is 299 g/mol. The van der Waals surface area contributed by atoms with Gasteiger partial charge < -0.3 is 20.7 Å². The third kappa shape index (κ3) is 4.34. The Morgan fingerprint density at radius 1 is 1.38 bits per heavy atom. The maximum Gasteiger partial charge on any atom is 0.328 e. The molecule has 2 unspecified atom stereocenters. The molecule has 0 spiro atoms. The molecule has 0 aliphatic carbocycles. The lowest BCUT2D eigenvalue weighted by Crippen LogP contribution is -2.58. The van der Waals surface area contributed by atoms with Gasteiger partial charge in [0, 0.05) is 6.54 Å². The van der Waals surface area contributed by atoms with E-state index in [2.05, 4.69) is 5.32 Å². The molecule has 1 aliphatic rings. The second-order valence-electron chi connectivity index (χ2n) is 5.44. The normalized spacial score (nSPS) is 21.3.